The third kappa shape index (κ3) is 2.48. The van der Waals surface area contributed by atoms with Crippen LogP contribution in [0.1, 0.15) is 27.7 Å². The zero-order chi connectivity index (χ0) is 13.6. The van der Waals surface area contributed by atoms with Crippen LogP contribution in [0.5, 0.6) is 0 Å². The number of hydrogen-bond donors (Lipinski definition) is 2. The zero-order valence-electron chi connectivity index (χ0n) is 11.3. The van der Waals surface area contributed by atoms with E-state index in [1.165, 1.54) is 6.33 Å². The number of aromatic nitrogens is 2. The van der Waals surface area contributed by atoms with E-state index in [-0.39, 0.29) is 22.4 Å². The highest BCUT2D eigenvalue weighted by Crippen LogP contribution is 2.31. The van der Waals surface area contributed by atoms with Crippen LogP contribution in [0.3, 0.4) is 0 Å². The number of aromatic amines is 1. The molecule has 0 aliphatic carbocycles. The topological polar surface area (TPSA) is 84.2 Å². The highest BCUT2D eigenvalue weighted by molar-refractivity contribution is 5.61. The third-order valence-electron chi connectivity index (χ3n) is 2.86. The molecule has 0 amide bonds. The molecule has 2 heterocycles. The first-order chi connectivity index (χ1) is 8.20. The van der Waals surface area contributed by atoms with Crippen molar-refractivity contribution in [2.75, 3.05) is 23.7 Å². The van der Waals surface area contributed by atoms with Gasteiger partial charge in [0.15, 0.2) is 5.82 Å². The van der Waals surface area contributed by atoms with Gasteiger partial charge >= 0.3 is 0 Å². The summed E-state index contributed by atoms with van der Waals surface area (Å²) < 4.78 is 5.99. The lowest BCUT2D eigenvalue weighted by molar-refractivity contribution is -0.133. The van der Waals surface area contributed by atoms with Crippen LogP contribution in [0, 0.1) is 0 Å². The molecule has 1 aliphatic heterocycles. The quantitative estimate of drug-likeness (QED) is 0.770. The van der Waals surface area contributed by atoms with E-state index in [9.17, 15) is 4.79 Å². The van der Waals surface area contributed by atoms with Gasteiger partial charge < -0.3 is 20.4 Å². The first kappa shape index (κ1) is 12.9. The van der Waals surface area contributed by atoms with E-state index in [0.29, 0.717) is 18.9 Å². The van der Waals surface area contributed by atoms with E-state index >= 15 is 0 Å². The molecule has 0 saturated carbocycles. The van der Waals surface area contributed by atoms with Crippen molar-refractivity contribution in [3.05, 3.63) is 16.7 Å². The van der Waals surface area contributed by atoms with Crippen LogP contribution in [0.2, 0.25) is 0 Å². The summed E-state index contributed by atoms with van der Waals surface area (Å²) in [6.45, 7) is 9.37. The molecule has 0 bridgehead atoms. The number of nitrogen functional groups attached to an aromatic ring is 1. The maximum absolute atomic E-state index is 11.5. The Balaban J connectivity index is 2.39. The van der Waals surface area contributed by atoms with Gasteiger partial charge in [-0.15, -0.1) is 0 Å². The fourth-order valence-electron chi connectivity index (χ4n) is 2.59. The molecule has 18 heavy (non-hydrogen) atoms. The Morgan fingerprint density at radius 2 is 1.89 bits per heavy atom. The SMILES string of the molecule is CC1(C)CN(c2nc[nH]c(=O)c2N)CC(C)(C)O1. The number of morpholine rings is 1. The van der Waals surface area contributed by atoms with Gasteiger partial charge in [0.2, 0.25) is 0 Å². The van der Waals surface area contributed by atoms with Crippen molar-refractivity contribution < 1.29 is 4.74 Å². The molecule has 1 aromatic rings. The van der Waals surface area contributed by atoms with Crippen molar-refractivity contribution in [3.8, 4) is 0 Å². The molecule has 6 heteroatoms. The highest BCUT2D eigenvalue weighted by Gasteiger charge is 2.39. The second kappa shape index (κ2) is 3.98. The van der Waals surface area contributed by atoms with Gasteiger partial charge in [-0.2, -0.15) is 0 Å². The number of H-pyrrole nitrogens is 1. The number of nitrogens with two attached hydrogens (primary N) is 1. The molecular weight excluding hydrogens is 232 g/mol. The summed E-state index contributed by atoms with van der Waals surface area (Å²) in [5.74, 6) is 0.531. The van der Waals surface area contributed by atoms with Crippen molar-refractivity contribution in [2.45, 2.75) is 38.9 Å². The van der Waals surface area contributed by atoms with Crippen LogP contribution in [0.25, 0.3) is 0 Å². The summed E-state index contributed by atoms with van der Waals surface area (Å²) in [5, 5.41) is 0. The first-order valence-electron chi connectivity index (χ1n) is 5.98. The molecule has 0 atom stereocenters. The first-order valence-corrected chi connectivity index (χ1v) is 5.98. The Morgan fingerprint density at radius 1 is 1.33 bits per heavy atom. The normalized spacial score (nSPS) is 21.9. The van der Waals surface area contributed by atoms with Crippen LogP contribution >= 0.6 is 0 Å². The van der Waals surface area contributed by atoms with E-state index in [1.54, 1.807) is 0 Å². The number of anilines is 2. The fraction of sp³-hybridized carbons (Fsp3) is 0.667. The molecule has 1 fully saturated rings. The van der Waals surface area contributed by atoms with Crippen LogP contribution < -0.4 is 16.2 Å². The summed E-state index contributed by atoms with van der Waals surface area (Å²) in [5.41, 5.74) is 5.04. The van der Waals surface area contributed by atoms with Gasteiger partial charge in [0.1, 0.15) is 5.69 Å². The van der Waals surface area contributed by atoms with Gasteiger partial charge in [0, 0.05) is 13.1 Å². The average molecular weight is 252 g/mol. The van der Waals surface area contributed by atoms with Gasteiger partial charge in [-0.3, -0.25) is 4.79 Å². The minimum atomic E-state index is -0.307. The molecule has 0 radical (unpaired) electrons. The number of hydrogen-bond acceptors (Lipinski definition) is 5. The molecule has 100 valence electrons. The van der Waals surface area contributed by atoms with E-state index in [0.717, 1.165) is 0 Å². The summed E-state index contributed by atoms with van der Waals surface area (Å²) in [6.07, 6.45) is 1.38. The van der Waals surface area contributed by atoms with Gasteiger partial charge in [-0.05, 0) is 27.7 Å². The lowest BCUT2D eigenvalue weighted by Crippen LogP contribution is -2.57. The van der Waals surface area contributed by atoms with E-state index in [2.05, 4.69) is 9.97 Å². The Kier molecular flexibility index (Phi) is 2.85. The van der Waals surface area contributed by atoms with E-state index in [1.807, 2.05) is 32.6 Å². The predicted molar refractivity (Wildman–Crippen MR) is 70.7 cm³/mol. The Labute approximate surface area is 106 Å². The second-order valence-corrected chi connectivity index (χ2v) is 5.95. The Morgan fingerprint density at radius 3 is 2.44 bits per heavy atom. The molecule has 1 aromatic heterocycles. The van der Waals surface area contributed by atoms with Crippen molar-refractivity contribution in [1.82, 2.24) is 9.97 Å². The lowest BCUT2D eigenvalue weighted by Gasteiger charge is -2.47. The van der Waals surface area contributed by atoms with Gasteiger partial charge in [0.25, 0.3) is 5.56 Å². The van der Waals surface area contributed by atoms with Gasteiger partial charge in [-0.1, -0.05) is 0 Å². The van der Waals surface area contributed by atoms with Crippen molar-refractivity contribution in [1.29, 1.82) is 0 Å². The van der Waals surface area contributed by atoms with Crippen molar-refractivity contribution in [2.24, 2.45) is 0 Å². The average Bonchev–Trinajstić information content (AvgIpc) is 2.17. The number of nitrogens with zero attached hydrogens (tertiary/aromatic N) is 2. The monoisotopic (exact) mass is 252 g/mol. The largest absolute Gasteiger partial charge is 0.391 e. The van der Waals surface area contributed by atoms with Gasteiger partial charge in [0.05, 0.1) is 17.5 Å². The molecule has 6 nitrogen and oxygen atoms in total. The summed E-state index contributed by atoms with van der Waals surface area (Å²) in [7, 11) is 0. The summed E-state index contributed by atoms with van der Waals surface area (Å²) in [6, 6.07) is 0. The van der Waals surface area contributed by atoms with Crippen LogP contribution in [-0.2, 0) is 4.74 Å². The minimum Gasteiger partial charge on any atom is -0.391 e. The summed E-state index contributed by atoms with van der Waals surface area (Å²) in [4.78, 5) is 20.2. The van der Waals surface area contributed by atoms with Crippen molar-refractivity contribution >= 4 is 11.5 Å². The summed E-state index contributed by atoms with van der Waals surface area (Å²) >= 11 is 0. The molecule has 0 spiro atoms. The number of nitrogens with one attached hydrogen (secondary N) is 1. The number of rotatable bonds is 1. The lowest BCUT2D eigenvalue weighted by atomic mass is 9.99. The standard InChI is InChI=1S/C12H20N4O2/c1-11(2)5-16(6-12(3,4)18-11)9-8(13)10(17)15-7-14-9/h7H,5-6,13H2,1-4H3,(H,14,15,17). The van der Waals surface area contributed by atoms with Crippen LogP contribution in [-0.4, -0.2) is 34.3 Å². The maximum atomic E-state index is 11.5. The number of ether oxygens (including phenoxy) is 1. The second-order valence-electron chi connectivity index (χ2n) is 5.95. The third-order valence-corrected chi connectivity index (χ3v) is 2.86. The maximum Gasteiger partial charge on any atom is 0.276 e. The molecule has 0 aromatic carbocycles. The van der Waals surface area contributed by atoms with E-state index < -0.39 is 0 Å². The molecule has 1 aliphatic rings. The van der Waals surface area contributed by atoms with Gasteiger partial charge in [-0.25, -0.2) is 4.98 Å². The molecule has 2 rings (SSSR count). The fourth-order valence-corrected chi connectivity index (χ4v) is 2.59. The van der Waals surface area contributed by atoms with Crippen LogP contribution in [0.4, 0.5) is 11.5 Å². The molecule has 0 unspecified atom stereocenters. The smallest absolute Gasteiger partial charge is 0.276 e. The Hall–Kier alpha value is -1.56. The predicted octanol–water partition coefficient (Wildman–Crippen LogP) is 0.746. The molecule has 1 saturated heterocycles. The minimum absolute atomic E-state index is 0.158. The highest BCUT2D eigenvalue weighted by atomic mass is 16.5. The zero-order valence-corrected chi connectivity index (χ0v) is 11.3. The molecular formula is C12H20N4O2. The Bertz CT molecular complexity index is 491. The van der Waals surface area contributed by atoms with Crippen molar-refractivity contribution in [3.63, 3.8) is 0 Å². The molecule has 3 N–H and O–H groups in total. The van der Waals surface area contributed by atoms with Crippen LogP contribution in [0.15, 0.2) is 11.1 Å². The van der Waals surface area contributed by atoms with E-state index in [4.69, 9.17) is 10.5 Å².